The van der Waals surface area contributed by atoms with Crippen LogP contribution in [-0.2, 0) is 4.79 Å². The molecule has 2 amide bonds. The number of nitrogens with zero attached hydrogens (tertiary/aromatic N) is 1. The Morgan fingerprint density at radius 2 is 1.84 bits per heavy atom. The van der Waals surface area contributed by atoms with Crippen molar-refractivity contribution in [2.24, 2.45) is 16.7 Å². The van der Waals surface area contributed by atoms with Gasteiger partial charge in [0.25, 0.3) is 0 Å². The number of amides is 2. The van der Waals surface area contributed by atoms with Crippen LogP contribution in [0.2, 0.25) is 0 Å². The SMILES string of the molecule is C=CCN(CC(=O)O)C(=O)NCC1C(C)(C)C1(C)C. The molecule has 5 nitrogen and oxygen atoms in total. The highest BCUT2D eigenvalue weighted by molar-refractivity contribution is 5.80. The summed E-state index contributed by atoms with van der Waals surface area (Å²) in [5, 5.41) is 11.6. The molecule has 0 spiro atoms. The molecule has 1 fully saturated rings. The van der Waals surface area contributed by atoms with Gasteiger partial charge in [-0.05, 0) is 16.7 Å². The molecule has 2 N–H and O–H groups in total. The molecule has 1 saturated carbocycles. The van der Waals surface area contributed by atoms with Crippen molar-refractivity contribution < 1.29 is 14.7 Å². The zero-order valence-electron chi connectivity index (χ0n) is 12.2. The second-order valence-electron chi connectivity index (χ2n) is 6.24. The van der Waals surface area contributed by atoms with Crippen molar-refractivity contribution in [3.63, 3.8) is 0 Å². The summed E-state index contributed by atoms with van der Waals surface area (Å²) in [6, 6.07) is -0.346. The summed E-state index contributed by atoms with van der Waals surface area (Å²) in [4.78, 5) is 23.9. The number of carbonyl (C=O) groups is 2. The zero-order valence-corrected chi connectivity index (χ0v) is 12.2. The summed E-state index contributed by atoms with van der Waals surface area (Å²) < 4.78 is 0. The Hall–Kier alpha value is -1.52. The number of aliphatic carboxylic acids is 1. The fourth-order valence-electron chi connectivity index (χ4n) is 2.68. The lowest BCUT2D eigenvalue weighted by molar-refractivity contribution is -0.137. The smallest absolute Gasteiger partial charge is 0.323 e. The zero-order chi connectivity index (χ0) is 14.8. The maximum Gasteiger partial charge on any atom is 0.323 e. The molecule has 19 heavy (non-hydrogen) atoms. The van der Waals surface area contributed by atoms with Crippen LogP contribution in [0.3, 0.4) is 0 Å². The van der Waals surface area contributed by atoms with Crippen molar-refractivity contribution in [1.82, 2.24) is 10.2 Å². The van der Waals surface area contributed by atoms with Gasteiger partial charge in [0, 0.05) is 13.1 Å². The Morgan fingerprint density at radius 1 is 1.32 bits per heavy atom. The van der Waals surface area contributed by atoms with E-state index in [4.69, 9.17) is 5.11 Å². The molecule has 108 valence electrons. The minimum absolute atomic E-state index is 0.205. The molecule has 0 heterocycles. The fraction of sp³-hybridized carbons (Fsp3) is 0.714. The van der Waals surface area contributed by atoms with E-state index >= 15 is 0 Å². The van der Waals surface area contributed by atoms with Crippen LogP contribution in [0.1, 0.15) is 27.7 Å². The highest BCUT2D eigenvalue weighted by Gasteiger charge is 2.64. The number of nitrogens with one attached hydrogen (secondary N) is 1. The van der Waals surface area contributed by atoms with Crippen LogP contribution in [0.4, 0.5) is 4.79 Å². The fourth-order valence-corrected chi connectivity index (χ4v) is 2.68. The molecule has 0 bridgehead atoms. The number of hydrogen-bond donors (Lipinski definition) is 2. The second-order valence-corrected chi connectivity index (χ2v) is 6.24. The molecule has 1 rings (SSSR count). The first kappa shape index (κ1) is 15.5. The first-order valence-corrected chi connectivity index (χ1v) is 6.50. The van der Waals surface area contributed by atoms with E-state index in [0.717, 1.165) is 0 Å². The van der Waals surface area contributed by atoms with Crippen LogP contribution in [0, 0.1) is 16.7 Å². The van der Waals surface area contributed by atoms with Crippen molar-refractivity contribution in [1.29, 1.82) is 0 Å². The van der Waals surface area contributed by atoms with Gasteiger partial charge < -0.3 is 15.3 Å². The lowest BCUT2D eigenvalue weighted by atomic mass is 10.0. The Labute approximate surface area is 114 Å². The van der Waals surface area contributed by atoms with Gasteiger partial charge in [-0.25, -0.2) is 4.79 Å². The normalized spacial score (nSPS) is 19.6. The van der Waals surface area contributed by atoms with Crippen molar-refractivity contribution >= 4 is 12.0 Å². The van der Waals surface area contributed by atoms with Gasteiger partial charge in [0.2, 0.25) is 0 Å². The van der Waals surface area contributed by atoms with Crippen molar-refractivity contribution in [2.45, 2.75) is 27.7 Å². The topological polar surface area (TPSA) is 69.6 Å². The van der Waals surface area contributed by atoms with E-state index < -0.39 is 5.97 Å². The molecule has 0 saturated heterocycles. The standard InChI is InChI=1S/C14H24N2O3/c1-6-7-16(9-11(17)18)12(19)15-8-10-13(2,3)14(10,4)5/h6,10H,1,7-9H2,2-5H3,(H,15,19)(H,17,18). The number of urea groups is 1. The van der Waals surface area contributed by atoms with Crippen LogP contribution in [0.15, 0.2) is 12.7 Å². The molecule has 0 radical (unpaired) electrons. The highest BCUT2D eigenvalue weighted by Crippen LogP contribution is 2.67. The number of carboxylic acids is 1. The van der Waals surface area contributed by atoms with E-state index in [2.05, 4.69) is 39.6 Å². The third-order valence-corrected chi connectivity index (χ3v) is 4.74. The Balaban J connectivity index is 2.50. The highest BCUT2D eigenvalue weighted by atomic mass is 16.4. The predicted molar refractivity (Wildman–Crippen MR) is 73.9 cm³/mol. The van der Waals surface area contributed by atoms with Gasteiger partial charge in [0.05, 0.1) is 0 Å². The van der Waals surface area contributed by atoms with Gasteiger partial charge in [0.1, 0.15) is 6.54 Å². The summed E-state index contributed by atoms with van der Waals surface area (Å²) in [5.74, 6) is -0.608. The molecule has 1 aliphatic rings. The molecule has 0 aromatic rings. The molecule has 5 heteroatoms. The van der Waals surface area contributed by atoms with Gasteiger partial charge in [-0.3, -0.25) is 4.79 Å². The Bertz CT molecular complexity index is 374. The van der Waals surface area contributed by atoms with Gasteiger partial charge >= 0.3 is 12.0 Å². The van der Waals surface area contributed by atoms with E-state index in [-0.39, 0.29) is 30.0 Å². The molecule has 0 atom stereocenters. The third kappa shape index (κ3) is 3.08. The van der Waals surface area contributed by atoms with Gasteiger partial charge in [-0.1, -0.05) is 33.8 Å². The Kier molecular flexibility index (Phi) is 4.28. The maximum absolute atomic E-state index is 11.9. The summed E-state index contributed by atoms with van der Waals surface area (Å²) >= 11 is 0. The first-order valence-electron chi connectivity index (χ1n) is 6.50. The lowest BCUT2D eigenvalue weighted by Gasteiger charge is -2.19. The lowest BCUT2D eigenvalue weighted by Crippen LogP contribution is -2.43. The molecule has 0 aromatic carbocycles. The number of carbonyl (C=O) groups excluding carboxylic acids is 1. The Morgan fingerprint density at radius 3 is 2.21 bits per heavy atom. The molecule has 1 aliphatic carbocycles. The van der Waals surface area contributed by atoms with Crippen LogP contribution in [0.25, 0.3) is 0 Å². The average molecular weight is 268 g/mol. The molecule has 0 aliphatic heterocycles. The van der Waals surface area contributed by atoms with E-state index in [1.165, 1.54) is 11.0 Å². The van der Waals surface area contributed by atoms with Crippen LogP contribution >= 0.6 is 0 Å². The van der Waals surface area contributed by atoms with Crippen LogP contribution in [-0.4, -0.2) is 41.6 Å². The van der Waals surface area contributed by atoms with E-state index in [1.807, 2.05) is 0 Å². The number of hydrogen-bond acceptors (Lipinski definition) is 2. The molecular formula is C14H24N2O3. The monoisotopic (exact) mass is 268 g/mol. The summed E-state index contributed by atoms with van der Waals surface area (Å²) in [6.07, 6.45) is 1.52. The minimum atomic E-state index is -1.02. The van der Waals surface area contributed by atoms with Crippen LogP contribution < -0.4 is 5.32 Å². The summed E-state index contributed by atoms with van der Waals surface area (Å²) in [6.45, 7) is 12.8. The van der Waals surface area contributed by atoms with E-state index in [1.54, 1.807) is 0 Å². The third-order valence-electron chi connectivity index (χ3n) is 4.74. The van der Waals surface area contributed by atoms with E-state index in [9.17, 15) is 9.59 Å². The van der Waals surface area contributed by atoms with Gasteiger partial charge in [-0.15, -0.1) is 6.58 Å². The van der Waals surface area contributed by atoms with Crippen molar-refractivity contribution in [3.8, 4) is 0 Å². The molecule has 0 aromatic heterocycles. The minimum Gasteiger partial charge on any atom is -0.480 e. The quantitative estimate of drug-likeness (QED) is 0.723. The number of carboxylic acid groups (broad SMARTS) is 1. The van der Waals surface area contributed by atoms with Gasteiger partial charge in [0.15, 0.2) is 0 Å². The van der Waals surface area contributed by atoms with E-state index in [0.29, 0.717) is 12.5 Å². The summed E-state index contributed by atoms with van der Waals surface area (Å²) in [7, 11) is 0. The average Bonchev–Trinajstić information content (AvgIpc) is 2.65. The number of rotatable bonds is 6. The molecule has 0 unspecified atom stereocenters. The predicted octanol–water partition coefficient (Wildman–Crippen LogP) is 1.95. The van der Waals surface area contributed by atoms with Crippen LogP contribution in [0.5, 0.6) is 0 Å². The van der Waals surface area contributed by atoms with Crippen molar-refractivity contribution in [2.75, 3.05) is 19.6 Å². The summed E-state index contributed by atoms with van der Waals surface area (Å²) in [5.41, 5.74) is 0.409. The molecular weight excluding hydrogens is 244 g/mol. The van der Waals surface area contributed by atoms with Crippen molar-refractivity contribution in [3.05, 3.63) is 12.7 Å². The van der Waals surface area contributed by atoms with Gasteiger partial charge in [-0.2, -0.15) is 0 Å². The maximum atomic E-state index is 11.9. The first-order chi connectivity index (χ1) is 8.64. The second kappa shape index (κ2) is 5.23. The largest absolute Gasteiger partial charge is 0.480 e.